The van der Waals surface area contributed by atoms with Gasteiger partial charge in [0.15, 0.2) is 5.16 Å². The van der Waals surface area contributed by atoms with Gasteiger partial charge in [-0.05, 0) is 78.8 Å². The molecular formula is C34H40N4O3S2. The van der Waals surface area contributed by atoms with E-state index in [2.05, 4.69) is 52.1 Å². The fourth-order valence-electron chi connectivity index (χ4n) is 5.42. The van der Waals surface area contributed by atoms with E-state index in [1.807, 2.05) is 43.3 Å². The maximum absolute atomic E-state index is 13.9. The fraction of sp³-hybridized carbons (Fsp3) is 0.412. The molecule has 0 radical (unpaired) electrons. The van der Waals surface area contributed by atoms with Crippen LogP contribution in [0, 0.1) is 6.92 Å². The van der Waals surface area contributed by atoms with Gasteiger partial charge in [0, 0.05) is 16.0 Å². The van der Waals surface area contributed by atoms with Gasteiger partial charge in [-0.2, -0.15) is 5.10 Å². The average Bonchev–Trinajstić information content (AvgIpc) is 3.31. The van der Waals surface area contributed by atoms with Crippen molar-refractivity contribution < 1.29 is 9.90 Å². The van der Waals surface area contributed by atoms with E-state index in [4.69, 9.17) is 4.98 Å². The second-order valence-corrected chi connectivity index (χ2v) is 15.3. The molecule has 5 rings (SSSR count). The van der Waals surface area contributed by atoms with Gasteiger partial charge in [0.1, 0.15) is 10.6 Å². The van der Waals surface area contributed by atoms with Crippen LogP contribution in [0.5, 0.6) is 5.75 Å². The quantitative estimate of drug-likeness (QED) is 0.104. The smallest absolute Gasteiger partial charge is 0.267 e. The number of hydrazone groups is 1. The minimum absolute atomic E-state index is 0.0439. The van der Waals surface area contributed by atoms with E-state index in [1.54, 1.807) is 22.1 Å². The number of benzene rings is 2. The Morgan fingerprint density at radius 3 is 2.33 bits per heavy atom. The number of thiophene rings is 1. The zero-order valence-corrected chi connectivity index (χ0v) is 27.6. The first-order chi connectivity index (χ1) is 20.2. The Morgan fingerprint density at radius 1 is 1.07 bits per heavy atom. The largest absolute Gasteiger partial charge is 0.507 e. The fourth-order valence-corrected chi connectivity index (χ4v) is 7.53. The second-order valence-electron chi connectivity index (χ2n) is 13.3. The van der Waals surface area contributed by atoms with Gasteiger partial charge in [-0.3, -0.25) is 14.2 Å². The van der Waals surface area contributed by atoms with E-state index < -0.39 is 0 Å². The summed E-state index contributed by atoms with van der Waals surface area (Å²) in [6.07, 6.45) is 5.71. The van der Waals surface area contributed by atoms with Crippen LogP contribution < -0.4 is 11.0 Å². The third-order valence-corrected chi connectivity index (χ3v) is 9.86. The molecular weight excluding hydrogens is 577 g/mol. The zero-order chi connectivity index (χ0) is 31.1. The molecule has 2 N–H and O–H groups in total. The Kier molecular flexibility index (Phi) is 8.60. The number of aryl methyl sites for hydroxylation is 3. The molecule has 2 heterocycles. The molecule has 0 saturated heterocycles. The third-order valence-electron chi connectivity index (χ3n) is 7.73. The highest BCUT2D eigenvalue weighted by Gasteiger charge is 2.27. The van der Waals surface area contributed by atoms with Crippen LogP contribution in [0.3, 0.4) is 0 Å². The van der Waals surface area contributed by atoms with Crippen LogP contribution in [0.4, 0.5) is 0 Å². The molecule has 1 amide bonds. The van der Waals surface area contributed by atoms with Gasteiger partial charge in [-0.1, -0.05) is 71.0 Å². The molecule has 0 spiro atoms. The van der Waals surface area contributed by atoms with E-state index in [9.17, 15) is 14.7 Å². The molecule has 7 nitrogen and oxygen atoms in total. The number of thioether (sulfide) groups is 1. The molecule has 0 unspecified atom stereocenters. The predicted octanol–water partition coefficient (Wildman–Crippen LogP) is 7.18. The summed E-state index contributed by atoms with van der Waals surface area (Å²) >= 11 is 2.84. The predicted molar refractivity (Wildman–Crippen MR) is 179 cm³/mol. The van der Waals surface area contributed by atoms with Gasteiger partial charge in [0.25, 0.3) is 11.5 Å². The van der Waals surface area contributed by atoms with Gasteiger partial charge >= 0.3 is 0 Å². The average molecular weight is 617 g/mol. The number of hydrogen-bond donors (Lipinski definition) is 2. The van der Waals surface area contributed by atoms with Crippen LogP contribution in [0.2, 0.25) is 0 Å². The molecule has 2 aromatic carbocycles. The van der Waals surface area contributed by atoms with Crippen LogP contribution in [0.25, 0.3) is 15.9 Å². The number of fused-ring (bicyclic) bond motifs is 3. The Balaban J connectivity index is 1.40. The number of aromatic nitrogens is 2. The monoisotopic (exact) mass is 616 g/mol. The van der Waals surface area contributed by atoms with Crippen molar-refractivity contribution in [2.24, 2.45) is 5.10 Å². The summed E-state index contributed by atoms with van der Waals surface area (Å²) in [6.45, 7) is 14.4. The zero-order valence-electron chi connectivity index (χ0n) is 26.0. The number of phenolic OH excluding ortho intramolecular Hbond substituents is 1. The molecule has 0 atom stereocenters. The normalized spacial score (nSPS) is 13.9. The molecule has 1 aliphatic carbocycles. The number of nitrogens with one attached hydrogen (secondary N) is 1. The maximum Gasteiger partial charge on any atom is 0.267 e. The molecule has 0 saturated carbocycles. The number of nitrogens with zero attached hydrogens (tertiary/aromatic N) is 3. The first-order valence-electron chi connectivity index (χ1n) is 14.7. The van der Waals surface area contributed by atoms with E-state index in [1.165, 1.54) is 16.6 Å². The molecule has 0 fully saturated rings. The van der Waals surface area contributed by atoms with Gasteiger partial charge in [0.05, 0.1) is 23.0 Å². The summed E-state index contributed by atoms with van der Waals surface area (Å²) in [7, 11) is 0. The Hall–Kier alpha value is -3.43. The Morgan fingerprint density at radius 2 is 1.70 bits per heavy atom. The van der Waals surface area contributed by atoms with Crippen LogP contribution in [0.1, 0.15) is 87.1 Å². The summed E-state index contributed by atoms with van der Waals surface area (Å²) in [5.74, 6) is 0.0399. The molecule has 0 aliphatic heterocycles. The van der Waals surface area contributed by atoms with E-state index >= 15 is 0 Å². The van der Waals surface area contributed by atoms with Gasteiger partial charge < -0.3 is 5.11 Å². The number of amides is 1. The number of phenols is 1. The lowest BCUT2D eigenvalue weighted by molar-refractivity contribution is -0.118. The third kappa shape index (κ3) is 6.58. The summed E-state index contributed by atoms with van der Waals surface area (Å²) < 4.78 is 1.64. The van der Waals surface area contributed by atoms with Crippen molar-refractivity contribution in [2.45, 2.75) is 90.1 Å². The van der Waals surface area contributed by atoms with E-state index in [-0.39, 0.29) is 28.0 Å². The lowest BCUT2D eigenvalue weighted by Gasteiger charge is -2.27. The standard InChI is InChI=1S/C34H40N4O3S2/c1-20-12-14-22(15-13-20)38-31(41)28-23-10-8-9-11-26(23)43-30(28)36-32(38)42-19-27(39)37-35-18-21-16-24(33(2,3)4)29(40)25(17-21)34(5,6)7/h12-18,40H,8-11,19H2,1-7H3,(H,37,39). The van der Waals surface area contributed by atoms with Crippen LogP contribution >= 0.6 is 23.1 Å². The van der Waals surface area contributed by atoms with Crippen molar-refractivity contribution >= 4 is 45.4 Å². The van der Waals surface area contributed by atoms with Crippen molar-refractivity contribution in [2.75, 3.05) is 5.75 Å². The van der Waals surface area contributed by atoms with Crippen molar-refractivity contribution in [3.05, 3.63) is 79.4 Å². The Bertz CT molecular complexity index is 1740. The molecule has 4 aromatic rings. The summed E-state index contributed by atoms with van der Waals surface area (Å²) in [4.78, 5) is 33.8. The van der Waals surface area contributed by atoms with Crippen LogP contribution in [-0.2, 0) is 28.5 Å². The van der Waals surface area contributed by atoms with Crippen molar-refractivity contribution in [1.82, 2.24) is 15.0 Å². The number of carbonyl (C=O) groups is 1. The van der Waals surface area contributed by atoms with Gasteiger partial charge in [-0.25, -0.2) is 10.4 Å². The summed E-state index contributed by atoms with van der Waals surface area (Å²) in [5, 5.41) is 16.4. The van der Waals surface area contributed by atoms with Gasteiger partial charge in [0.2, 0.25) is 0 Å². The minimum Gasteiger partial charge on any atom is -0.507 e. The number of rotatable bonds is 6. The molecule has 43 heavy (non-hydrogen) atoms. The summed E-state index contributed by atoms with van der Waals surface area (Å²) in [5.41, 5.74) is 7.44. The molecule has 1 aliphatic rings. The lowest BCUT2D eigenvalue weighted by Crippen LogP contribution is -2.24. The minimum atomic E-state index is -0.303. The Labute approximate surface area is 261 Å². The highest BCUT2D eigenvalue weighted by atomic mass is 32.2. The van der Waals surface area contributed by atoms with Crippen molar-refractivity contribution in [3.63, 3.8) is 0 Å². The first-order valence-corrected chi connectivity index (χ1v) is 16.5. The highest BCUT2D eigenvalue weighted by Crippen LogP contribution is 2.39. The lowest BCUT2D eigenvalue weighted by atomic mass is 9.78. The van der Waals surface area contributed by atoms with E-state index in [0.717, 1.165) is 69.4 Å². The second kappa shape index (κ2) is 11.9. The van der Waals surface area contributed by atoms with Crippen LogP contribution in [-0.4, -0.2) is 32.5 Å². The number of aromatic hydroxyl groups is 1. The topological polar surface area (TPSA) is 96.6 Å². The molecule has 0 bridgehead atoms. The molecule has 9 heteroatoms. The summed E-state index contributed by atoms with van der Waals surface area (Å²) in [6, 6.07) is 11.6. The SMILES string of the molecule is Cc1ccc(-n2c(SCC(=O)NN=Cc3cc(C(C)(C)C)c(O)c(C(C)(C)C)c3)nc3sc4c(c3c2=O)CCCC4)cc1. The van der Waals surface area contributed by atoms with Crippen molar-refractivity contribution in [1.29, 1.82) is 0 Å². The number of hydrogen-bond acceptors (Lipinski definition) is 7. The van der Waals surface area contributed by atoms with Crippen LogP contribution in [0.15, 0.2) is 51.5 Å². The molecule has 2 aromatic heterocycles. The van der Waals surface area contributed by atoms with Crippen molar-refractivity contribution in [3.8, 4) is 11.4 Å². The van der Waals surface area contributed by atoms with E-state index in [0.29, 0.717) is 10.9 Å². The molecule has 226 valence electrons. The highest BCUT2D eigenvalue weighted by molar-refractivity contribution is 7.99. The maximum atomic E-state index is 13.9. The number of carbonyl (C=O) groups excluding carboxylic acids is 1. The van der Waals surface area contributed by atoms with Gasteiger partial charge in [-0.15, -0.1) is 11.3 Å². The first kappa shape index (κ1) is 31.0.